The smallest absolute Gasteiger partial charge is 0.410 e. The molecule has 0 aliphatic carbocycles. The summed E-state index contributed by atoms with van der Waals surface area (Å²) in [5.41, 5.74) is 0.963. The summed E-state index contributed by atoms with van der Waals surface area (Å²) in [4.78, 5) is 24.9. The number of nitrogens with zero attached hydrogens (tertiary/aromatic N) is 1. The van der Waals surface area contributed by atoms with Gasteiger partial charge in [0.1, 0.15) is 6.61 Å². The summed E-state index contributed by atoms with van der Waals surface area (Å²) in [6.45, 7) is 1.34. The van der Waals surface area contributed by atoms with Gasteiger partial charge < -0.3 is 14.4 Å². The molecule has 5 heteroatoms. The molecule has 1 heterocycles. The maximum absolute atomic E-state index is 11.9. The Morgan fingerprint density at radius 1 is 1.20 bits per heavy atom. The first-order valence-electron chi connectivity index (χ1n) is 6.74. The van der Waals surface area contributed by atoms with Crippen LogP contribution >= 0.6 is 0 Å². The van der Waals surface area contributed by atoms with Crippen LogP contribution < -0.4 is 0 Å². The number of hydrogen-bond acceptors (Lipinski definition) is 4. The van der Waals surface area contributed by atoms with Crippen molar-refractivity contribution in [3.63, 3.8) is 0 Å². The molecule has 0 bridgehead atoms. The minimum absolute atomic E-state index is 0.0989. The van der Waals surface area contributed by atoms with Gasteiger partial charge in [0.05, 0.1) is 13.0 Å². The highest BCUT2D eigenvalue weighted by atomic mass is 16.6. The normalized spacial score (nSPS) is 15.8. The van der Waals surface area contributed by atoms with Gasteiger partial charge >= 0.3 is 12.1 Å². The fourth-order valence-electron chi connectivity index (χ4n) is 2.28. The lowest BCUT2D eigenvalue weighted by molar-refractivity contribution is -0.146. The average molecular weight is 277 g/mol. The topological polar surface area (TPSA) is 55.8 Å². The summed E-state index contributed by atoms with van der Waals surface area (Å²) in [5, 5.41) is 0. The lowest BCUT2D eigenvalue weighted by Gasteiger charge is -2.29. The summed E-state index contributed by atoms with van der Waals surface area (Å²) in [5.74, 6) is -0.291. The molecule has 2 rings (SSSR count). The van der Waals surface area contributed by atoms with Gasteiger partial charge in [-0.25, -0.2) is 4.79 Å². The lowest BCUT2D eigenvalue weighted by Crippen LogP contribution is -2.40. The summed E-state index contributed by atoms with van der Waals surface area (Å²) in [7, 11) is 1.39. The fourth-order valence-corrected chi connectivity index (χ4v) is 2.28. The number of hydrogen-bond donors (Lipinski definition) is 0. The van der Waals surface area contributed by atoms with Crippen LogP contribution in [0.5, 0.6) is 0 Å². The van der Waals surface area contributed by atoms with E-state index in [0.29, 0.717) is 25.9 Å². The predicted octanol–water partition coefficient (Wildman–Crippen LogP) is 2.21. The van der Waals surface area contributed by atoms with E-state index in [9.17, 15) is 9.59 Å². The third kappa shape index (κ3) is 3.73. The molecule has 0 aromatic heterocycles. The minimum Gasteiger partial charge on any atom is -0.469 e. The van der Waals surface area contributed by atoms with Crippen molar-refractivity contribution in [3.05, 3.63) is 35.9 Å². The molecule has 1 aliphatic rings. The van der Waals surface area contributed by atoms with Crippen molar-refractivity contribution in [1.82, 2.24) is 4.90 Å². The van der Waals surface area contributed by atoms with Gasteiger partial charge in [0.2, 0.25) is 0 Å². The van der Waals surface area contributed by atoms with Crippen LogP contribution in [-0.2, 0) is 20.9 Å². The highest BCUT2D eigenvalue weighted by Crippen LogP contribution is 2.19. The number of esters is 1. The summed E-state index contributed by atoms with van der Waals surface area (Å²) < 4.78 is 9.98. The van der Waals surface area contributed by atoms with E-state index in [1.54, 1.807) is 4.90 Å². The van der Waals surface area contributed by atoms with Gasteiger partial charge in [0.25, 0.3) is 0 Å². The largest absolute Gasteiger partial charge is 0.469 e. The van der Waals surface area contributed by atoms with Crippen LogP contribution in [0.25, 0.3) is 0 Å². The van der Waals surface area contributed by atoms with E-state index in [-0.39, 0.29) is 24.6 Å². The van der Waals surface area contributed by atoms with Gasteiger partial charge in [-0.2, -0.15) is 0 Å². The number of methoxy groups -OCH3 is 1. The molecule has 1 aromatic rings. The van der Waals surface area contributed by atoms with E-state index in [4.69, 9.17) is 9.47 Å². The van der Waals surface area contributed by atoms with Gasteiger partial charge in [-0.05, 0) is 18.4 Å². The van der Waals surface area contributed by atoms with Gasteiger partial charge in [-0.15, -0.1) is 0 Å². The van der Waals surface area contributed by atoms with Crippen molar-refractivity contribution >= 4 is 12.1 Å². The van der Waals surface area contributed by atoms with Crippen LogP contribution in [0.1, 0.15) is 18.4 Å². The van der Waals surface area contributed by atoms with E-state index < -0.39 is 0 Å². The number of amides is 1. The van der Waals surface area contributed by atoms with E-state index in [2.05, 4.69) is 0 Å². The van der Waals surface area contributed by atoms with Crippen molar-refractivity contribution in [2.24, 2.45) is 5.92 Å². The molecule has 108 valence electrons. The summed E-state index contributed by atoms with van der Waals surface area (Å²) in [6.07, 6.45) is 0.942. The Labute approximate surface area is 118 Å². The van der Waals surface area contributed by atoms with E-state index in [1.165, 1.54) is 7.11 Å². The van der Waals surface area contributed by atoms with Crippen LogP contribution in [0.15, 0.2) is 30.3 Å². The van der Waals surface area contributed by atoms with Gasteiger partial charge in [-0.1, -0.05) is 30.3 Å². The summed E-state index contributed by atoms with van der Waals surface area (Å²) >= 11 is 0. The Morgan fingerprint density at radius 2 is 1.85 bits per heavy atom. The van der Waals surface area contributed by atoms with Gasteiger partial charge in [-0.3, -0.25) is 4.79 Å². The predicted molar refractivity (Wildman–Crippen MR) is 72.9 cm³/mol. The molecule has 5 nitrogen and oxygen atoms in total. The zero-order chi connectivity index (χ0) is 14.4. The Balaban J connectivity index is 1.76. The standard InChI is InChI=1S/C15H19NO4/c1-19-14(17)13-7-9-16(10-8-13)15(18)20-11-12-5-3-2-4-6-12/h2-6,13H,7-11H2,1H3. The molecule has 0 saturated carbocycles. The molecular formula is C15H19NO4. The molecule has 1 aromatic carbocycles. The van der Waals surface area contributed by atoms with Crippen molar-refractivity contribution in [1.29, 1.82) is 0 Å². The third-order valence-electron chi connectivity index (χ3n) is 3.49. The van der Waals surface area contributed by atoms with Crippen LogP contribution in [0.4, 0.5) is 4.79 Å². The van der Waals surface area contributed by atoms with Crippen molar-refractivity contribution in [2.75, 3.05) is 20.2 Å². The number of piperidine rings is 1. The first-order chi connectivity index (χ1) is 9.70. The number of rotatable bonds is 3. The first-order valence-corrected chi connectivity index (χ1v) is 6.74. The number of carbonyl (C=O) groups is 2. The van der Waals surface area contributed by atoms with Crippen LogP contribution in [-0.4, -0.2) is 37.2 Å². The quantitative estimate of drug-likeness (QED) is 0.795. The Hall–Kier alpha value is -2.04. The van der Waals surface area contributed by atoms with Gasteiger partial charge in [0, 0.05) is 13.1 Å². The summed E-state index contributed by atoms with van der Waals surface area (Å²) in [6, 6.07) is 9.56. The zero-order valence-corrected chi connectivity index (χ0v) is 11.6. The fraction of sp³-hybridized carbons (Fsp3) is 0.467. The molecule has 1 amide bonds. The highest BCUT2D eigenvalue weighted by Gasteiger charge is 2.28. The second-order valence-electron chi connectivity index (χ2n) is 4.82. The second-order valence-corrected chi connectivity index (χ2v) is 4.82. The molecule has 1 aliphatic heterocycles. The van der Waals surface area contributed by atoms with Crippen molar-refractivity contribution in [3.8, 4) is 0 Å². The van der Waals surface area contributed by atoms with E-state index in [1.807, 2.05) is 30.3 Å². The maximum Gasteiger partial charge on any atom is 0.410 e. The molecule has 0 unspecified atom stereocenters. The van der Waals surface area contributed by atoms with E-state index >= 15 is 0 Å². The molecule has 0 atom stereocenters. The number of carbonyl (C=O) groups excluding carboxylic acids is 2. The monoisotopic (exact) mass is 277 g/mol. The first kappa shape index (κ1) is 14.4. The molecular weight excluding hydrogens is 258 g/mol. The molecule has 1 fully saturated rings. The lowest BCUT2D eigenvalue weighted by atomic mass is 9.97. The van der Waals surface area contributed by atoms with Crippen LogP contribution in [0.2, 0.25) is 0 Å². The Morgan fingerprint density at radius 3 is 2.45 bits per heavy atom. The van der Waals surface area contributed by atoms with Crippen molar-refractivity contribution < 1.29 is 19.1 Å². The second kappa shape index (κ2) is 6.93. The molecule has 0 N–H and O–H groups in total. The van der Waals surface area contributed by atoms with Crippen molar-refractivity contribution in [2.45, 2.75) is 19.4 Å². The number of likely N-dealkylation sites (tertiary alicyclic amines) is 1. The third-order valence-corrected chi connectivity index (χ3v) is 3.49. The van der Waals surface area contributed by atoms with Crippen LogP contribution in [0.3, 0.4) is 0 Å². The molecule has 0 radical (unpaired) electrons. The average Bonchev–Trinajstić information content (AvgIpc) is 2.53. The number of ether oxygens (including phenoxy) is 2. The molecule has 0 spiro atoms. The van der Waals surface area contributed by atoms with E-state index in [0.717, 1.165) is 5.56 Å². The molecule has 20 heavy (non-hydrogen) atoms. The van der Waals surface area contributed by atoms with Gasteiger partial charge in [0.15, 0.2) is 0 Å². The number of benzene rings is 1. The zero-order valence-electron chi connectivity index (χ0n) is 11.6. The molecule has 1 saturated heterocycles. The van der Waals surface area contributed by atoms with Crippen LogP contribution in [0, 0.1) is 5.92 Å². The SMILES string of the molecule is COC(=O)C1CCN(C(=O)OCc2ccccc2)CC1. The Kier molecular flexibility index (Phi) is 4.98. The maximum atomic E-state index is 11.9. The minimum atomic E-state index is -0.322. The Bertz CT molecular complexity index is 452. The highest BCUT2D eigenvalue weighted by molar-refractivity contribution is 5.73.